The molecule has 1 unspecified atom stereocenters. The molecule has 232 valence electrons. The van der Waals surface area contributed by atoms with Crippen LogP contribution in [0.2, 0.25) is 0 Å². The van der Waals surface area contributed by atoms with Gasteiger partial charge in [0, 0.05) is 15.7 Å². The average molecular weight is 643 g/mol. The molecule has 0 amide bonds. The maximum Gasteiger partial charge on any atom is 0.0158 e. The van der Waals surface area contributed by atoms with Crippen LogP contribution in [0.15, 0.2) is 158 Å². The van der Waals surface area contributed by atoms with E-state index in [4.69, 9.17) is 0 Å². The van der Waals surface area contributed by atoms with Gasteiger partial charge in [-0.15, -0.1) is 0 Å². The second-order valence-corrected chi connectivity index (χ2v) is 16.3. The van der Waals surface area contributed by atoms with Gasteiger partial charge in [-0.1, -0.05) is 166 Å². The van der Waals surface area contributed by atoms with Gasteiger partial charge in [-0.25, -0.2) is 0 Å². The molecule has 1 aliphatic rings. The maximum absolute atomic E-state index is 2.48. The standard InChI is InChI=1S/C48H35P/c1-30-21-24-38-41(27-30)47(31-22-25-43-39(28-31)34-15-9-11-19-42(34)48(43,2)3)37-18-8-7-17-36(37)46(38)32-23-26-45-40(29-32)35-16-10-12-20-44(35)49(45)33-13-5-4-6-14-33/h4-29H,1-3H3. The number of fused-ring (bicyclic) bond motifs is 8. The van der Waals surface area contributed by atoms with Crippen molar-refractivity contribution >= 4 is 50.1 Å². The van der Waals surface area contributed by atoms with Gasteiger partial charge in [-0.2, -0.15) is 0 Å². The monoisotopic (exact) mass is 642 g/mol. The van der Waals surface area contributed by atoms with Crippen molar-refractivity contribution < 1.29 is 0 Å². The largest absolute Gasteiger partial charge is 0.0772 e. The smallest absolute Gasteiger partial charge is 0.0158 e. The number of hydrogen-bond acceptors (Lipinski definition) is 0. The van der Waals surface area contributed by atoms with Crippen molar-refractivity contribution in [2.75, 3.05) is 0 Å². The summed E-state index contributed by atoms with van der Waals surface area (Å²) in [5.74, 6) is 0. The topological polar surface area (TPSA) is 0 Å². The van der Waals surface area contributed by atoms with E-state index < -0.39 is 7.53 Å². The third-order valence-corrected chi connectivity index (χ3v) is 13.6. The number of aryl methyl sites for hydroxylation is 1. The highest BCUT2D eigenvalue weighted by Gasteiger charge is 2.35. The quantitative estimate of drug-likeness (QED) is 0.168. The highest BCUT2D eigenvalue weighted by Crippen LogP contribution is 2.56. The van der Waals surface area contributed by atoms with Crippen LogP contribution in [0.3, 0.4) is 0 Å². The van der Waals surface area contributed by atoms with Crippen LogP contribution >= 0.6 is 7.53 Å². The van der Waals surface area contributed by atoms with Crippen LogP contribution in [0.4, 0.5) is 0 Å². The SMILES string of the molecule is Cc1ccc2c(-c3ccc4c(c3)c3ccccc3p4-c3ccccc3)c3ccccc3c(-c3ccc4c(c3)-c3ccccc3C4(C)C)c2c1. The van der Waals surface area contributed by atoms with E-state index in [1.165, 1.54) is 97.9 Å². The zero-order valence-corrected chi connectivity index (χ0v) is 28.9. The first-order chi connectivity index (χ1) is 24.0. The van der Waals surface area contributed by atoms with E-state index in [0.29, 0.717) is 0 Å². The van der Waals surface area contributed by atoms with Crippen LogP contribution in [-0.4, -0.2) is 0 Å². The Hall–Kier alpha value is -5.42. The molecule has 1 heterocycles. The molecule has 0 aliphatic heterocycles. The fourth-order valence-corrected chi connectivity index (χ4v) is 11.4. The molecule has 0 fully saturated rings. The Bertz CT molecular complexity index is 2790. The summed E-state index contributed by atoms with van der Waals surface area (Å²) in [5.41, 5.74) is 12.0. The molecule has 49 heavy (non-hydrogen) atoms. The Morgan fingerprint density at radius 3 is 1.82 bits per heavy atom. The molecule has 9 aromatic rings. The van der Waals surface area contributed by atoms with E-state index in [1.54, 1.807) is 0 Å². The van der Waals surface area contributed by atoms with E-state index in [9.17, 15) is 0 Å². The molecule has 1 heteroatoms. The molecule has 1 aliphatic carbocycles. The molecule has 0 bridgehead atoms. The summed E-state index contributed by atoms with van der Waals surface area (Å²) in [5, 5.41) is 12.3. The molecular weight excluding hydrogens is 608 g/mol. The van der Waals surface area contributed by atoms with Crippen LogP contribution in [0.5, 0.6) is 0 Å². The second kappa shape index (κ2) is 10.5. The Morgan fingerprint density at radius 2 is 1.00 bits per heavy atom. The lowest BCUT2D eigenvalue weighted by Crippen LogP contribution is -2.14. The predicted molar refractivity (Wildman–Crippen MR) is 214 cm³/mol. The average Bonchev–Trinajstić information content (AvgIpc) is 3.59. The Balaban J connectivity index is 1.26. The summed E-state index contributed by atoms with van der Waals surface area (Å²) in [6, 6.07) is 59.7. The van der Waals surface area contributed by atoms with Gasteiger partial charge in [0.05, 0.1) is 0 Å². The van der Waals surface area contributed by atoms with Gasteiger partial charge in [0.2, 0.25) is 0 Å². The first kappa shape index (κ1) is 28.6. The zero-order chi connectivity index (χ0) is 32.9. The fourth-order valence-electron chi connectivity index (χ4n) is 8.77. The first-order valence-corrected chi connectivity index (χ1v) is 18.6. The van der Waals surface area contributed by atoms with Gasteiger partial charge in [0.1, 0.15) is 0 Å². The van der Waals surface area contributed by atoms with Gasteiger partial charge >= 0.3 is 0 Å². The van der Waals surface area contributed by atoms with E-state index in [0.717, 1.165) is 0 Å². The zero-order valence-electron chi connectivity index (χ0n) is 28.0. The van der Waals surface area contributed by atoms with Crippen LogP contribution in [-0.2, 0) is 5.41 Å². The van der Waals surface area contributed by atoms with Gasteiger partial charge in [-0.3, -0.25) is 0 Å². The van der Waals surface area contributed by atoms with Crippen molar-refractivity contribution in [3.63, 3.8) is 0 Å². The van der Waals surface area contributed by atoms with Crippen molar-refractivity contribution in [3.05, 3.63) is 174 Å². The summed E-state index contributed by atoms with van der Waals surface area (Å²) < 4.78 is 0. The van der Waals surface area contributed by atoms with E-state index in [1.807, 2.05) is 0 Å². The minimum atomic E-state index is -0.590. The molecule has 1 atom stereocenters. The third-order valence-electron chi connectivity index (χ3n) is 11.0. The van der Waals surface area contributed by atoms with Crippen LogP contribution in [0.1, 0.15) is 30.5 Å². The highest BCUT2D eigenvalue weighted by atomic mass is 31.1. The van der Waals surface area contributed by atoms with Gasteiger partial charge in [0.15, 0.2) is 0 Å². The minimum absolute atomic E-state index is 0.0118. The maximum atomic E-state index is 2.48. The lowest BCUT2D eigenvalue weighted by molar-refractivity contribution is 0.660. The Morgan fingerprint density at radius 1 is 0.408 bits per heavy atom. The number of rotatable bonds is 3. The van der Waals surface area contributed by atoms with Crippen molar-refractivity contribution in [2.24, 2.45) is 0 Å². The van der Waals surface area contributed by atoms with Crippen LogP contribution in [0.25, 0.3) is 81.2 Å². The van der Waals surface area contributed by atoms with Crippen LogP contribution < -0.4 is 0 Å². The third kappa shape index (κ3) is 4.11. The lowest BCUT2D eigenvalue weighted by Gasteiger charge is -2.22. The van der Waals surface area contributed by atoms with E-state index in [2.05, 4.69) is 178 Å². The van der Waals surface area contributed by atoms with Gasteiger partial charge in [0.25, 0.3) is 0 Å². The molecule has 0 spiro atoms. The molecule has 1 aromatic heterocycles. The summed E-state index contributed by atoms with van der Waals surface area (Å²) in [6.45, 7) is 6.94. The van der Waals surface area contributed by atoms with Crippen molar-refractivity contribution in [1.29, 1.82) is 0 Å². The summed E-state index contributed by atoms with van der Waals surface area (Å²) in [6.07, 6.45) is 0. The highest BCUT2D eigenvalue weighted by molar-refractivity contribution is 7.67. The molecule has 10 rings (SSSR count). The number of benzene rings is 8. The molecule has 8 aromatic carbocycles. The van der Waals surface area contributed by atoms with Gasteiger partial charge < -0.3 is 0 Å². The number of hydrogen-bond donors (Lipinski definition) is 0. The predicted octanol–water partition coefficient (Wildman–Crippen LogP) is 14.2. The summed E-state index contributed by atoms with van der Waals surface area (Å²) in [4.78, 5) is 0. The molecule has 0 saturated carbocycles. The molecular formula is C48H35P. The van der Waals surface area contributed by atoms with E-state index in [-0.39, 0.29) is 5.41 Å². The molecule has 0 N–H and O–H groups in total. The van der Waals surface area contributed by atoms with Crippen LogP contribution in [0, 0.1) is 6.92 Å². The first-order valence-electron chi connectivity index (χ1n) is 17.3. The Kier molecular flexibility index (Phi) is 6.15. The van der Waals surface area contributed by atoms with E-state index >= 15 is 0 Å². The molecule has 0 nitrogen and oxygen atoms in total. The van der Waals surface area contributed by atoms with Gasteiger partial charge in [-0.05, 0) is 107 Å². The van der Waals surface area contributed by atoms with Crippen molar-refractivity contribution in [3.8, 4) is 38.7 Å². The summed E-state index contributed by atoms with van der Waals surface area (Å²) >= 11 is 0. The molecule has 0 saturated heterocycles. The minimum Gasteiger partial charge on any atom is -0.0772 e. The Labute approximate surface area is 288 Å². The fraction of sp³-hybridized carbons (Fsp3) is 0.0833. The molecule has 0 radical (unpaired) electrons. The summed E-state index contributed by atoms with van der Waals surface area (Å²) in [7, 11) is -0.590. The van der Waals surface area contributed by atoms with Crippen molar-refractivity contribution in [2.45, 2.75) is 26.2 Å². The lowest BCUT2D eigenvalue weighted by atomic mass is 9.81. The normalized spacial score (nSPS) is 13.7. The second-order valence-electron chi connectivity index (χ2n) is 14.2. The van der Waals surface area contributed by atoms with Crippen molar-refractivity contribution in [1.82, 2.24) is 0 Å².